The van der Waals surface area contributed by atoms with Crippen LogP contribution in [0.1, 0.15) is 30.3 Å². The van der Waals surface area contributed by atoms with Crippen molar-refractivity contribution in [2.45, 2.75) is 33.3 Å². The van der Waals surface area contributed by atoms with Crippen LogP contribution < -0.4 is 10.5 Å². The standard InChI is InChI=1S/C23H23N3O4/c1-3-16-8-4-5-9-19(16)25-13-17(11-21(25)27)23(29)30-14-18-12-22(28)26-15(2)7-6-10-20(26)24-18/h4-10,12,17H,3,11,13-14H2,1-2H3/t17-/m0/s1. The summed E-state index contributed by atoms with van der Waals surface area (Å²) in [5, 5.41) is 0. The summed E-state index contributed by atoms with van der Waals surface area (Å²) in [6, 6.07) is 14.5. The van der Waals surface area contributed by atoms with Crippen molar-refractivity contribution in [1.82, 2.24) is 9.38 Å². The number of aromatic nitrogens is 2. The van der Waals surface area contributed by atoms with Crippen LogP contribution in [0.3, 0.4) is 0 Å². The minimum absolute atomic E-state index is 0.0876. The third kappa shape index (κ3) is 3.70. The van der Waals surface area contributed by atoms with Crippen molar-refractivity contribution < 1.29 is 14.3 Å². The molecule has 1 fully saturated rings. The lowest BCUT2D eigenvalue weighted by Crippen LogP contribution is -2.27. The largest absolute Gasteiger partial charge is 0.459 e. The van der Waals surface area contributed by atoms with Crippen LogP contribution in [-0.4, -0.2) is 27.8 Å². The third-order valence-corrected chi connectivity index (χ3v) is 5.42. The molecule has 4 rings (SSSR count). The molecule has 7 heteroatoms. The number of pyridine rings is 1. The average Bonchev–Trinajstić information content (AvgIpc) is 3.13. The number of rotatable bonds is 5. The molecule has 1 aliphatic heterocycles. The van der Waals surface area contributed by atoms with Crippen molar-refractivity contribution in [1.29, 1.82) is 0 Å². The minimum Gasteiger partial charge on any atom is -0.459 e. The maximum Gasteiger partial charge on any atom is 0.311 e. The number of carbonyl (C=O) groups is 2. The highest BCUT2D eigenvalue weighted by Gasteiger charge is 2.36. The number of aryl methyl sites for hydroxylation is 2. The molecule has 2 aromatic heterocycles. The van der Waals surface area contributed by atoms with E-state index in [4.69, 9.17) is 4.74 Å². The molecule has 1 saturated heterocycles. The molecule has 1 aliphatic rings. The molecule has 1 atom stereocenters. The Kier molecular flexibility index (Phi) is 5.35. The highest BCUT2D eigenvalue weighted by molar-refractivity contribution is 6.00. The SMILES string of the molecule is CCc1ccccc1N1C[C@@H](C(=O)OCc2cc(=O)n3c(C)cccc3n2)CC1=O. The summed E-state index contributed by atoms with van der Waals surface area (Å²) in [7, 11) is 0. The van der Waals surface area contributed by atoms with Gasteiger partial charge in [-0.05, 0) is 37.1 Å². The highest BCUT2D eigenvalue weighted by atomic mass is 16.5. The number of hydrogen-bond donors (Lipinski definition) is 0. The molecule has 1 amide bonds. The van der Waals surface area contributed by atoms with Gasteiger partial charge in [-0.3, -0.25) is 18.8 Å². The van der Waals surface area contributed by atoms with Gasteiger partial charge in [0, 0.05) is 30.4 Å². The zero-order valence-electron chi connectivity index (χ0n) is 17.0. The fourth-order valence-corrected chi connectivity index (χ4v) is 3.87. The van der Waals surface area contributed by atoms with E-state index in [1.54, 1.807) is 11.0 Å². The maximum absolute atomic E-state index is 12.6. The molecule has 7 nitrogen and oxygen atoms in total. The Morgan fingerprint density at radius 3 is 2.77 bits per heavy atom. The number of ether oxygens (including phenoxy) is 1. The van der Waals surface area contributed by atoms with E-state index in [1.807, 2.05) is 50.2 Å². The molecular weight excluding hydrogens is 382 g/mol. The van der Waals surface area contributed by atoms with E-state index in [1.165, 1.54) is 10.5 Å². The van der Waals surface area contributed by atoms with Gasteiger partial charge >= 0.3 is 5.97 Å². The van der Waals surface area contributed by atoms with Gasteiger partial charge in [-0.25, -0.2) is 4.98 Å². The first-order chi connectivity index (χ1) is 14.5. The lowest BCUT2D eigenvalue weighted by atomic mass is 10.1. The number of nitrogens with zero attached hydrogens (tertiary/aromatic N) is 3. The van der Waals surface area contributed by atoms with Gasteiger partial charge in [0.1, 0.15) is 12.3 Å². The number of amides is 1. The van der Waals surface area contributed by atoms with Crippen LogP contribution in [-0.2, 0) is 27.4 Å². The van der Waals surface area contributed by atoms with Crippen LogP contribution in [0, 0.1) is 12.8 Å². The number of benzene rings is 1. The zero-order chi connectivity index (χ0) is 21.3. The Bertz CT molecular complexity index is 1180. The fraction of sp³-hybridized carbons (Fsp3) is 0.304. The van der Waals surface area contributed by atoms with Gasteiger partial charge < -0.3 is 9.64 Å². The molecule has 0 aliphatic carbocycles. The topological polar surface area (TPSA) is 81.0 Å². The van der Waals surface area contributed by atoms with Gasteiger partial charge in [0.15, 0.2) is 0 Å². The molecular formula is C23H23N3O4. The van der Waals surface area contributed by atoms with E-state index in [9.17, 15) is 14.4 Å². The monoisotopic (exact) mass is 405 g/mol. The van der Waals surface area contributed by atoms with Gasteiger partial charge in [-0.1, -0.05) is 31.2 Å². The van der Waals surface area contributed by atoms with Crippen molar-refractivity contribution >= 4 is 23.2 Å². The first-order valence-electron chi connectivity index (χ1n) is 10.0. The van der Waals surface area contributed by atoms with Crippen LogP contribution in [0.25, 0.3) is 5.65 Å². The summed E-state index contributed by atoms with van der Waals surface area (Å²) in [6.45, 7) is 4.05. The van der Waals surface area contributed by atoms with E-state index in [0.717, 1.165) is 23.4 Å². The summed E-state index contributed by atoms with van der Waals surface area (Å²) >= 11 is 0. The second-order valence-corrected chi connectivity index (χ2v) is 7.44. The van der Waals surface area contributed by atoms with Crippen molar-refractivity contribution in [3.05, 3.63) is 75.8 Å². The van der Waals surface area contributed by atoms with Crippen molar-refractivity contribution in [3.63, 3.8) is 0 Å². The Morgan fingerprint density at radius 1 is 1.17 bits per heavy atom. The second kappa shape index (κ2) is 8.10. The molecule has 3 aromatic rings. The summed E-state index contributed by atoms with van der Waals surface area (Å²) < 4.78 is 6.91. The molecule has 0 saturated carbocycles. The van der Waals surface area contributed by atoms with Gasteiger partial charge in [0.05, 0.1) is 11.6 Å². The van der Waals surface area contributed by atoms with Gasteiger partial charge in [-0.15, -0.1) is 0 Å². The minimum atomic E-state index is -0.536. The molecule has 3 heterocycles. The molecule has 0 N–H and O–H groups in total. The Hall–Kier alpha value is -3.48. The van der Waals surface area contributed by atoms with Gasteiger partial charge in [-0.2, -0.15) is 0 Å². The highest BCUT2D eigenvalue weighted by Crippen LogP contribution is 2.29. The number of anilines is 1. The smallest absolute Gasteiger partial charge is 0.311 e. The number of esters is 1. The Morgan fingerprint density at radius 2 is 1.97 bits per heavy atom. The van der Waals surface area contributed by atoms with E-state index in [2.05, 4.69) is 4.98 Å². The molecule has 30 heavy (non-hydrogen) atoms. The summed E-state index contributed by atoms with van der Waals surface area (Å²) in [6.07, 6.45) is 0.918. The van der Waals surface area contributed by atoms with E-state index >= 15 is 0 Å². The van der Waals surface area contributed by atoms with E-state index < -0.39 is 11.9 Å². The number of para-hydroxylation sites is 1. The van der Waals surface area contributed by atoms with Crippen molar-refractivity contribution in [2.24, 2.45) is 5.92 Å². The van der Waals surface area contributed by atoms with E-state index in [0.29, 0.717) is 17.9 Å². The first kappa shape index (κ1) is 19.8. The van der Waals surface area contributed by atoms with Crippen LogP contribution >= 0.6 is 0 Å². The van der Waals surface area contributed by atoms with Gasteiger partial charge in [0.25, 0.3) is 5.56 Å². The quantitative estimate of drug-likeness (QED) is 0.610. The summed E-state index contributed by atoms with van der Waals surface area (Å²) in [4.78, 5) is 43.5. The summed E-state index contributed by atoms with van der Waals surface area (Å²) in [5.41, 5.74) is 3.37. The lowest BCUT2D eigenvalue weighted by molar-refractivity contribution is -0.149. The van der Waals surface area contributed by atoms with Gasteiger partial charge in [0.2, 0.25) is 5.91 Å². The first-order valence-corrected chi connectivity index (χ1v) is 10.0. The molecule has 0 bridgehead atoms. The normalized spacial score (nSPS) is 16.3. The molecule has 0 radical (unpaired) electrons. The molecule has 154 valence electrons. The van der Waals surface area contributed by atoms with E-state index in [-0.39, 0.29) is 24.5 Å². The van der Waals surface area contributed by atoms with Crippen molar-refractivity contribution in [3.8, 4) is 0 Å². The van der Waals surface area contributed by atoms with Crippen LogP contribution in [0.15, 0.2) is 53.3 Å². The lowest BCUT2D eigenvalue weighted by Gasteiger charge is -2.19. The molecule has 0 unspecified atom stereocenters. The molecule has 0 spiro atoms. The number of hydrogen-bond acceptors (Lipinski definition) is 5. The Balaban J connectivity index is 1.46. The van der Waals surface area contributed by atoms with Crippen molar-refractivity contribution in [2.75, 3.05) is 11.4 Å². The summed E-state index contributed by atoms with van der Waals surface area (Å²) in [5.74, 6) is -1.08. The third-order valence-electron chi connectivity index (χ3n) is 5.42. The Labute approximate surface area is 173 Å². The number of fused-ring (bicyclic) bond motifs is 1. The average molecular weight is 405 g/mol. The van der Waals surface area contributed by atoms with Crippen LogP contribution in [0.2, 0.25) is 0 Å². The predicted octanol–water partition coefficient (Wildman–Crippen LogP) is 2.66. The maximum atomic E-state index is 12.6. The number of carbonyl (C=O) groups excluding carboxylic acids is 2. The van der Waals surface area contributed by atoms with Crippen LogP contribution in [0.5, 0.6) is 0 Å². The van der Waals surface area contributed by atoms with Crippen LogP contribution in [0.4, 0.5) is 5.69 Å². The fourth-order valence-electron chi connectivity index (χ4n) is 3.87. The second-order valence-electron chi connectivity index (χ2n) is 7.44. The molecule has 1 aromatic carbocycles. The predicted molar refractivity (Wildman–Crippen MR) is 112 cm³/mol. The zero-order valence-corrected chi connectivity index (χ0v) is 17.0.